The molecule has 4 heteroatoms. The molecule has 0 aliphatic heterocycles. The molecule has 0 saturated heterocycles. The van der Waals surface area contributed by atoms with Crippen molar-refractivity contribution < 1.29 is 4.42 Å². The standard InChI is InChI=1S/C58H37N3O/c1-4-15-38(16-5-1)42-21-14-22-43(35-42)47-23-10-12-25-52(47)61(46-31-33-50-49-24-11-13-26-53(49)62-54(50)37-46)45-30-32-48-44(36-45)28-27-39-29-34-51-58(55(39)48)60-57(41-19-8-3-9-20-41)56(59-51)40-17-6-2-7-18-40/h1-37H. The van der Waals surface area contributed by atoms with E-state index in [9.17, 15) is 0 Å². The number of hydrogen-bond acceptors (Lipinski definition) is 4. The second-order valence-corrected chi connectivity index (χ2v) is 15.7. The van der Waals surface area contributed by atoms with Gasteiger partial charge in [-0.25, -0.2) is 9.97 Å². The van der Waals surface area contributed by atoms with Crippen molar-refractivity contribution in [2.75, 3.05) is 4.90 Å². The first-order chi connectivity index (χ1) is 30.7. The number of anilines is 3. The number of nitrogens with zero attached hydrogens (tertiary/aromatic N) is 3. The highest BCUT2D eigenvalue weighted by Crippen LogP contribution is 2.45. The highest BCUT2D eigenvalue weighted by Gasteiger charge is 2.21. The normalized spacial score (nSPS) is 11.5. The topological polar surface area (TPSA) is 42.2 Å². The van der Waals surface area contributed by atoms with Gasteiger partial charge in [-0.05, 0) is 81.4 Å². The van der Waals surface area contributed by atoms with Crippen LogP contribution < -0.4 is 4.90 Å². The Bertz CT molecular complexity index is 3640. The van der Waals surface area contributed by atoms with E-state index in [1.165, 1.54) is 11.1 Å². The van der Waals surface area contributed by atoms with Gasteiger partial charge in [0.2, 0.25) is 0 Å². The molecule has 0 unspecified atom stereocenters. The van der Waals surface area contributed by atoms with Crippen molar-refractivity contribution in [3.05, 3.63) is 224 Å². The molecule has 0 atom stereocenters. The Labute approximate surface area is 358 Å². The van der Waals surface area contributed by atoms with Crippen LogP contribution in [-0.4, -0.2) is 9.97 Å². The van der Waals surface area contributed by atoms with Gasteiger partial charge in [0.05, 0.1) is 28.1 Å². The average molecular weight is 792 g/mol. The minimum atomic E-state index is 0.846. The number of para-hydroxylation sites is 2. The summed E-state index contributed by atoms with van der Waals surface area (Å²) in [6.45, 7) is 0. The molecule has 0 amide bonds. The van der Waals surface area contributed by atoms with Gasteiger partial charge < -0.3 is 9.32 Å². The zero-order chi connectivity index (χ0) is 41.0. The number of rotatable bonds is 7. The second-order valence-electron chi connectivity index (χ2n) is 15.7. The van der Waals surface area contributed by atoms with Crippen molar-refractivity contribution in [1.82, 2.24) is 9.97 Å². The molecule has 290 valence electrons. The molecule has 0 spiro atoms. The third-order valence-electron chi connectivity index (χ3n) is 12.0. The molecule has 0 fully saturated rings. The fourth-order valence-electron chi connectivity index (χ4n) is 9.08. The summed E-state index contributed by atoms with van der Waals surface area (Å²) in [6, 6.07) is 79.2. The lowest BCUT2D eigenvalue weighted by molar-refractivity contribution is 0.669. The largest absolute Gasteiger partial charge is 0.456 e. The summed E-state index contributed by atoms with van der Waals surface area (Å²) in [6.07, 6.45) is 0. The van der Waals surface area contributed by atoms with Gasteiger partial charge in [0.1, 0.15) is 11.2 Å². The maximum absolute atomic E-state index is 6.49. The molecular formula is C58H37N3O. The van der Waals surface area contributed by atoms with Crippen molar-refractivity contribution in [3.8, 4) is 44.8 Å². The summed E-state index contributed by atoms with van der Waals surface area (Å²) in [4.78, 5) is 13.2. The number of benzene rings is 10. The first-order valence-corrected chi connectivity index (χ1v) is 21.0. The van der Waals surface area contributed by atoms with Gasteiger partial charge in [0.15, 0.2) is 0 Å². The number of aromatic nitrogens is 2. The molecule has 12 rings (SSSR count). The van der Waals surface area contributed by atoms with E-state index in [4.69, 9.17) is 14.4 Å². The molecular weight excluding hydrogens is 755 g/mol. The Kier molecular flexibility index (Phi) is 8.46. The van der Waals surface area contributed by atoms with Gasteiger partial charge in [-0.15, -0.1) is 0 Å². The summed E-state index contributed by atoms with van der Waals surface area (Å²) in [7, 11) is 0. The average Bonchev–Trinajstić information content (AvgIpc) is 3.72. The molecule has 0 bridgehead atoms. The summed E-state index contributed by atoms with van der Waals surface area (Å²) in [5.74, 6) is 0. The van der Waals surface area contributed by atoms with E-state index >= 15 is 0 Å². The highest BCUT2D eigenvalue weighted by atomic mass is 16.3. The van der Waals surface area contributed by atoms with Gasteiger partial charge in [0, 0.05) is 50.3 Å². The monoisotopic (exact) mass is 791 g/mol. The van der Waals surface area contributed by atoms with Gasteiger partial charge in [-0.2, -0.15) is 0 Å². The Morgan fingerprint density at radius 1 is 0.355 bits per heavy atom. The van der Waals surface area contributed by atoms with Crippen LogP contribution in [0.2, 0.25) is 0 Å². The van der Waals surface area contributed by atoms with Crippen molar-refractivity contribution in [2.24, 2.45) is 0 Å². The Morgan fingerprint density at radius 3 is 1.73 bits per heavy atom. The zero-order valence-electron chi connectivity index (χ0n) is 33.6. The fourth-order valence-corrected chi connectivity index (χ4v) is 9.08. The third kappa shape index (κ3) is 6.08. The molecule has 0 aliphatic carbocycles. The Balaban J connectivity index is 1.07. The van der Waals surface area contributed by atoms with Crippen LogP contribution in [0.3, 0.4) is 0 Å². The van der Waals surface area contributed by atoms with E-state index in [1.54, 1.807) is 0 Å². The number of fused-ring (bicyclic) bond motifs is 8. The molecule has 0 aliphatic rings. The van der Waals surface area contributed by atoms with Crippen LogP contribution in [0.1, 0.15) is 0 Å². The van der Waals surface area contributed by atoms with E-state index in [2.05, 4.69) is 205 Å². The summed E-state index contributed by atoms with van der Waals surface area (Å²) in [5, 5.41) is 6.64. The van der Waals surface area contributed by atoms with Crippen molar-refractivity contribution in [3.63, 3.8) is 0 Å². The molecule has 10 aromatic carbocycles. The van der Waals surface area contributed by atoms with Crippen LogP contribution in [0.5, 0.6) is 0 Å². The lowest BCUT2D eigenvalue weighted by atomic mass is 9.96. The predicted octanol–water partition coefficient (Wildman–Crippen LogP) is 16.0. The van der Waals surface area contributed by atoms with Crippen LogP contribution >= 0.6 is 0 Å². The lowest BCUT2D eigenvalue weighted by Gasteiger charge is -2.28. The van der Waals surface area contributed by atoms with Crippen LogP contribution in [0, 0.1) is 0 Å². The first kappa shape index (κ1) is 35.6. The molecule has 0 saturated carbocycles. The minimum absolute atomic E-state index is 0.846. The highest BCUT2D eigenvalue weighted by molar-refractivity contribution is 6.19. The van der Waals surface area contributed by atoms with Crippen molar-refractivity contribution >= 4 is 71.6 Å². The molecule has 2 heterocycles. The summed E-state index contributed by atoms with van der Waals surface area (Å²) in [5.41, 5.74) is 15.0. The summed E-state index contributed by atoms with van der Waals surface area (Å²) >= 11 is 0. The molecule has 4 nitrogen and oxygen atoms in total. The van der Waals surface area contributed by atoms with Gasteiger partial charge in [0.25, 0.3) is 0 Å². The number of hydrogen-bond donors (Lipinski definition) is 0. The summed E-state index contributed by atoms with van der Waals surface area (Å²) < 4.78 is 6.49. The van der Waals surface area contributed by atoms with Gasteiger partial charge in [-0.3, -0.25) is 0 Å². The molecule has 0 radical (unpaired) electrons. The van der Waals surface area contributed by atoms with E-state index in [0.717, 1.165) is 105 Å². The van der Waals surface area contributed by atoms with Crippen LogP contribution in [0.4, 0.5) is 17.1 Å². The van der Waals surface area contributed by atoms with Crippen LogP contribution in [0.25, 0.3) is 99.3 Å². The third-order valence-corrected chi connectivity index (χ3v) is 12.0. The SMILES string of the molecule is c1ccc(-c2cccc(-c3ccccc3N(c3ccc4c(ccc5ccc6nc(-c7ccccc7)c(-c7ccccc7)nc6c54)c3)c3ccc4c(c3)oc3ccccc34)c2)cc1. The van der Waals surface area contributed by atoms with E-state index in [0.29, 0.717) is 0 Å². The van der Waals surface area contributed by atoms with E-state index in [-0.39, 0.29) is 0 Å². The molecule has 0 N–H and O–H groups in total. The van der Waals surface area contributed by atoms with Crippen molar-refractivity contribution in [1.29, 1.82) is 0 Å². The molecule has 12 aromatic rings. The molecule has 2 aromatic heterocycles. The quantitative estimate of drug-likeness (QED) is 0.151. The predicted molar refractivity (Wildman–Crippen MR) is 258 cm³/mol. The van der Waals surface area contributed by atoms with E-state index < -0.39 is 0 Å². The van der Waals surface area contributed by atoms with Gasteiger partial charge in [-0.1, -0.05) is 170 Å². The Hall–Kier alpha value is -8.34. The number of furan rings is 1. The lowest BCUT2D eigenvalue weighted by Crippen LogP contribution is -2.11. The smallest absolute Gasteiger partial charge is 0.137 e. The first-order valence-electron chi connectivity index (χ1n) is 21.0. The van der Waals surface area contributed by atoms with Crippen LogP contribution in [0.15, 0.2) is 229 Å². The van der Waals surface area contributed by atoms with E-state index in [1.807, 2.05) is 24.3 Å². The van der Waals surface area contributed by atoms with Gasteiger partial charge >= 0.3 is 0 Å². The Morgan fingerprint density at radius 2 is 0.935 bits per heavy atom. The molecule has 62 heavy (non-hydrogen) atoms. The minimum Gasteiger partial charge on any atom is -0.456 e. The second kappa shape index (κ2) is 14.7. The maximum Gasteiger partial charge on any atom is 0.137 e. The fraction of sp³-hybridized carbons (Fsp3) is 0. The van der Waals surface area contributed by atoms with Crippen molar-refractivity contribution in [2.45, 2.75) is 0 Å². The zero-order valence-corrected chi connectivity index (χ0v) is 33.6. The van der Waals surface area contributed by atoms with Crippen LogP contribution in [-0.2, 0) is 0 Å². The maximum atomic E-state index is 6.49.